The van der Waals surface area contributed by atoms with E-state index in [-0.39, 0.29) is 0 Å². The lowest BCUT2D eigenvalue weighted by Crippen LogP contribution is -2.68. The largest absolute Gasteiger partial charge is 0.391 e. The highest BCUT2D eigenvalue weighted by Gasteiger charge is 2.55. The van der Waals surface area contributed by atoms with Crippen molar-refractivity contribution in [3.8, 4) is 0 Å². The lowest BCUT2D eigenvalue weighted by molar-refractivity contribution is -0.342. The summed E-state index contributed by atoms with van der Waals surface area (Å²) in [6.45, 7) is 3.45. The number of benzene rings is 1. The van der Waals surface area contributed by atoms with Crippen LogP contribution in [-0.2, 0) is 25.6 Å². The van der Waals surface area contributed by atoms with Gasteiger partial charge in [-0.2, -0.15) is 0 Å². The highest BCUT2D eigenvalue weighted by atomic mass is 16.7. The molecule has 1 heterocycles. The molecule has 0 aliphatic carbocycles. The van der Waals surface area contributed by atoms with Crippen LogP contribution < -0.4 is 0 Å². The van der Waals surface area contributed by atoms with Gasteiger partial charge in [-0.15, -0.1) is 0 Å². The molecule has 6 atom stereocenters. The van der Waals surface area contributed by atoms with Crippen LogP contribution in [0.3, 0.4) is 0 Å². The minimum absolute atomic E-state index is 0.310. The third kappa shape index (κ3) is 3.91. The fraction of sp³-hybridized carbons (Fsp3) is 0.647. The second kappa shape index (κ2) is 7.70. The number of aliphatic hydroxyl groups is 2. The first kappa shape index (κ1) is 18.3. The van der Waals surface area contributed by atoms with Gasteiger partial charge in [-0.3, -0.25) is 0 Å². The second-order valence-corrected chi connectivity index (χ2v) is 6.04. The van der Waals surface area contributed by atoms with E-state index < -0.39 is 36.3 Å². The minimum Gasteiger partial charge on any atom is -0.391 e. The van der Waals surface area contributed by atoms with Crippen LogP contribution in [0, 0.1) is 0 Å². The van der Waals surface area contributed by atoms with Crippen LogP contribution in [0.4, 0.5) is 0 Å². The Hall–Kier alpha value is -1.02. The third-order valence-corrected chi connectivity index (χ3v) is 4.21. The van der Waals surface area contributed by atoms with Crippen LogP contribution in [0.15, 0.2) is 30.3 Å². The Bertz CT molecular complexity index is 475. The van der Waals surface area contributed by atoms with Crippen molar-refractivity contribution in [2.75, 3.05) is 14.2 Å². The van der Waals surface area contributed by atoms with Crippen LogP contribution in [0.25, 0.3) is 0 Å². The summed E-state index contributed by atoms with van der Waals surface area (Å²) >= 11 is 0. The first-order valence-electron chi connectivity index (χ1n) is 7.68. The molecule has 1 aliphatic heterocycles. The number of hydrogen-bond acceptors (Lipinski definition) is 6. The summed E-state index contributed by atoms with van der Waals surface area (Å²) in [5.41, 5.74) is -0.453. The zero-order valence-corrected chi connectivity index (χ0v) is 14.0. The monoisotopic (exact) mass is 326 g/mol. The van der Waals surface area contributed by atoms with E-state index in [1.54, 1.807) is 13.8 Å². The molecule has 0 unspecified atom stereocenters. The first-order chi connectivity index (χ1) is 10.9. The van der Waals surface area contributed by atoms with Crippen LogP contribution in [0.2, 0.25) is 0 Å². The van der Waals surface area contributed by atoms with Gasteiger partial charge in [0.25, 0.3) is 0 Å². The quantitative estimate of drug-likeness (QED) is 0.815. The number of hydrogen-bond donors (Lipinski definition) is 2. The van der Waals surface area contributed by atoms with Crippen molar-refractivity contribution in [3.63, 3.8) is 0 Å². The van der Waals surface area contributed by atoms with Gasteiger partial charge < -0.3 is 29.2 Å². The smallest absolute Gasteiger partial charge is 0.186 e. The molecular weight excluding hydrogens is 300 g/mol. The Balaban J connectivity index is 2.22. The molecular formula is C17H26O6. The van der Waals surface area contributed by atoms with Gasteiger partial charge in [0, 0.05) is 14.2 Å². The SMILES string of the molecule is CO[C@H]1O[C@H]([C@H](C)O)[C@](C)(O)[C@H](OCc2ccccc2)[C@H]1OC. The zero-order chi connectivity index (χ0) is 17.0. The fourth-order valence-electron chi connectivity index (χ4n) is 3.05. The van der Waals surface area contributed by atoms with Gasteiger partial charge >= 0.3 is 0 Å². The average molecular weight is 326 g/mol. The summed E-state index contributed by atoms with van der Waals surface area (Å²) in [6.07, 6.45) is -3.80. The molecule has 1 aliphatic rings. The Morgan fingerprint density at radius 3 is 2.39 bits per heavy atom. The van der Waals surface area contributed by atoms with E-state index in [9.17, 15) is 10.2 Å². The normalized spacial score (nSPS) is 35.9. The van der Waals surface area contributed by atoms with Crippen molar-refractivity contribution in [1.29, 1.82) is 0 Å². The van der Waals surface area contributed by atoms with Gasteiger partial charge in [-0.25, -0.2) is 0 Å². The molecule has 1 aromatic carbocycles. The van der Waals surface area contributed by atoms with Gasteiger partial charge in [0.05, 0.1) is 12.7 Å². The van der Waals surface area contributed by atoms with Gasteiger partial charge in [0.1, 0.15) is 23.9 Å². The zero-order valence-electron chi connectivity index (χ0n) is 14.0. The molecule has 1 fully saturated rings. The molecule has 0 aromatic heterocycles. The molecule has 23 heavy (non-hydrogen) atoms. The molecule has 2 N–H and O–H groups in total. The standard InChI is InChI=1S/C17H26O6/c1-11(18)14-17(2,19)15(13(20-3)16(21-4)23-14)22-10-12-8-6-5-7-9-12/h5-9,11,13-16,18-19H,10H2,1-4H3/t11-,13+,14+,15+,16-,17-/m0/s1. The lowest BCUT2D eigenvalue weighted by Gasteiger charge is -2.50. The number of ether oxygens (including phenoxy) is 4. The maximum atomic E-state index is 10.9. The molecule has 130 valence electrons. The highest BCUT2D eigenvalue weighted by molar-refractivity contribution is 5.14. The molecule has 2 rings (SSSR count). The molecule has 1 aromatic rings. The van der Waals surface area contributed by atoms with Crippen molar-refractivity contribution in [1.82, 2.24) is 0 Å². The molecule has 0 spiro atoms. The summed E-state index contributed by atoms with van der Waals surface area (Å²) in [4.78, 5) is 0. The Labute approximate surface area is 136 Å². The highest BCUT2D eigenvalue weighted by Crippen LogP contribution is 2.35. The van der Waals surface area contributed by atoms with E-state index >= 15 is 0 Å². The van der Waals surface area contributed by atoms with Crippen molar-refractivity contribution in [3.05, 3.63) is 35.9 Å². The number of methoxy groups -OCH3 is 2. The topological polar surface area (TPSA) is 77.4 Å². The van der Waals surface area contributed by atoms with Crippen molar-refractivity contribution >= 4 is 0 Å². The summed E-state index contributed by atoms with van der Waals surface area (Å²) in [5.74, 6) is 0. The number of aliphatic hydroxyl groups excluding tert-OH is 1. The number of rotatable bonds is 6. The van der Waals surface area contributed by atoms with E-state index in [0.717, 1.165) is 5.56 Å². The van der Waals surface area contributed by atoms with E-state index in [1.807, 2.05) is 30.3 Å². The van der Waals surface area contributed by atoms with Gasteiger partial charge in [0.2, 0.25) is 0 Å². The van der Waals surface area contributed by atoms with Crippen molar-refractivity contribution < 1.29 is 29.2 Å². The molecule has 0 saturated carbocycles. The van der Waals surface area contributed by atoms with E-state index in [2.05, 4.69) is 0 Å². The average Bonchev–Trinajstić information content (AvgIpc) is 2.53. The predicted molar refractivity (Wildman–Crippen MR) is 83.8 cm³/mol. The summed E-state index contributed by atoms with van der Waals surface area (Å²) in [7, 11) is 3.00. The Morgan fingerprint density at radius 2 is 1.87 bits per heavy atom. The summed E-state index contributed by atoms with van der Waals surface area (Å²) in [6, 6.07) is 9.65. The lowest BCUT2D eigenvalue weighted by atomic mass is 9.83. The second-order valence-electron chi connectivity index (χ2n) is 6.04. The molecule has 6 heteroatoms. The van der Waals surface area contributed by atoms with Crippen LogP contribution in [0.5, 0.6) is 0 Å². The van der Waals surface area contributed by atoms with Gasteiger partial charge in [0.15, 0.2) is 6.29 Å². The maximum Gasteiger partial charge on any atom is 0.186 e. The van der Waals surface area contributed by atoms with Gasteiger partial charge in [-0.1, -0.05) is 30.3 Å². The van der Waals surface area contributed by atoms with Gasteiger partial charge in [-0.05, 0) is 19.4 Å². The Kier molecular flexibility index (Phi) is 6.13. The maximum absolute atomic E-state index is 10.9. The van der Waals surface area contributed by atoms with E-state index in [1.165, 1.54) is 14.2 Å². The van der Waals surface area contributed by atoms with Crippen molar-refractivity contribution in [2.24, 2.45) is 0 Å². The van der Waals surface area contributed by atoms with E-state index in [0.29, 0.717) is 6.61 Å². The molecule has 0 bridgehead atoms. The van der Waals surface area contributed by atoms with E-state index in [4.69, 9.17) is 18.9 Å². The Morgan fingerprint density at radius 1 is 1.22 bits per heavy atom. The third-order valence-electron chi connectivity index (χ3n) is 4.21. The first-order valence-corrected chi connectivity index (χ1v) is 7.68. The van der Waals surface area contributed by atoms with Crippen LogP contribution in [0.1, 0.15) is 19.4 Å². The molecule has 6 nitrogen and oxygen atoms in total. The summed E-state index contributed by atoms with van der Waals surface area (Å²) < 4.78 is 22.4. The molecule has 0 amide bonds. The molecule has 0 radical (unpaired) electrons. The molecule has 1 saturated heterocycles. The summed E-state index contributed by atoms with van der Waals surface area (Å²) in [5, 5.41) is 20.9. The minimum atomic E-state index is -1.43. The van der Waals surface area contributed by atoms with Crippen LogP contribution in [-0.4, -0.2) is 60.7 Å². The fourth-order valence-corrected chi connectivity index (χ4v) is 3.05. The van der Waals surface area contributed by atoms with Crippen LogP contribution >= 0.6 is 0 Å². The van der Waals surface area contributed by atoms with Crippen molar-refractivity contribution in [2.45, 2.75) is 56.8 Å². The predicted octanol–water partition coefficient (Wildman–Crippen LogP) is 1.09.